The molecule has 5 nitrogen and oxygen atoms in total. The van der Waals surface area contributed by atoms with Crippen molar-refractivity contribution in [1.29, 1.82) is 0 Å². The van der Waals surface area contributed by atoms with Gasteiger partial charge in [0, 0.05) is 55.1 Å². The molecule has 2 aromatic carbocycles. The van der Waals surface area contributed by atoms with Crippen molar-refractivity contribution in [2.45, 2.75) is 25.4 Å². The molecule has 1 aromatic heterocycles. The Morgan fingerprint density at radius 3 is 2.64 bits per heavy atom. The third-order valence-corrected chi connectivity index (χ3v) is 6.24. The Morgan fingerprint density at radius 1 is 1.07 bits per heavy atom. The van der Waals surface area contributed by atoms with Crippen LogP contribution in [0.4, 0.5) is 0 Å². The Hall–Kier alpha value is -3.08. The largest absolute Gasteiger partial charge is 0.358 e. The van der Waals surface area contributed by atoms with Crippen LogP contribution in [-0.4, -0.2) is 40.2 Å². The Labute approximate surface area is 163 Å². The normalized spacial score (nSPS) is 22.0. The van der Waals surface area contributed by atoms with E-state index in [1.807, 2.05) is 47.4 Å². The van der Waals surface area contributed by atoms with Gasteiger partial charge in [-0.15, -0.1) is 0 Å². The lowest BCUT2D eigenvalue weighted by Crippen LogP contribution is -2.41. The van der Waals surface area contributed by atoms with Crippen LogP contribution in [0.25, 0.3) is 10.9 Å². The Kier molecular flexibility index (Phi) is 3.97. The number of aromatic amines is 1. The summed E-state index contributed by atoms with van der Waals surface area (Å²) in [5.41, 5.74) is 4.59. The van der Waals surface area contributed by atoms with Gasteiger partial charge in [0.05, 0.1) is 12.0 Å². The molecule has 2 aliphatic rings. The summed E-state index contributed by atoms with van der Waals surface area (Å²) >= 11 is 0. The maximum Gasteiger partial charge on any atom is 0.228 e. The fraction of sp³-hybridized carbons (Fsp3) is 0.304. The van der Waals surface area contributed by atoms with E-state index in [0.29, 0.717) is 13.1 Å². The molecule has 3 heterocycles. The molecular weight excluding hydrogens is 350 g/mol. The van der Waals surface area contributed by atoms with Crippen LogP contribution < -0.4 is 0 Å². The number of carbonyl (C=O) groups is 2. The predicted octanol–water partition coefficient (Wildman–Crippen LogP) is 3.27. The maximum absolute atomic E-state index is 13.5. The van der Waals surface area contributed by atoms with Crippen molar-refractivity contribution in [2.75, 3.05) is 13.6 Å². The highest BCUT2D eigenvalue weighted by molar-refractivity contribution is 5.91. The van der Waals surface area contributed by atoms with E-state index in [4.69, 9.17) is 0 Å². The van der Waals surface area contributed by atoms with Gasteiger partial charge in [-0.25, -0.2) is 0 Å². The van der Waals surface area contributed by atoms with Crippen molar-refractivity contribution < 1.29 is 9.59 Å². The number of benzene rings is 2. The van der Waals surface area contributed by atoms with Gasteiger partial charge in [0.25, 0.3) is 0 Å². The van der Waals surface area contributed by atoms with Crippen LogP contribution in [0.5, 0.6) is 0 Å². The number of para-hydroxylation sites is 1. The van der Waals surface area contributed by atoms with Crippen molar-refractivity contribution >= 4 is 22.7 Å². The minimum absolute atomic E-state index is 0.0389. The molecule has 0 aliphatic carbocycles. The molecular formula is C23H23N3O2. The number of likely N-dealkylation sites (tertiary alicyclic amines) is 1. The van der Waals surface area contributed by atoms with Gasteiger partial charge in [0.1, 0.15) is 0 Å². The maximum atomic E-state index is 13.5. The third kappa shape index (κ3) is 2.61. The number of hydrogen-bond acceptors (Lipinski definition) is 2. The minimum atomic E-state index is -0.327. The highest BCUT2D eigenvalue weighted by Gasteiger charge is 2.44. The number of fused-ring (bicyclic) bond motifs is 3. The molecule has 2 aliphatic heterocycles. The molecule has 28 heavy (non-hydrogen) atoms. The van der Waals surface area contributed by atoms with Crippen LogP contribution in [0.2, 0.25) is 0 Å². The van der Waals surface area contributed by atoms with Crippen molar-refractivity contribution in [2.24, 2.45) is 5.92 Å². The third-order valence-electron chi connectivity index (χ3n) is 6.24. The van der Waals surface area contributed by atoms with Crippen molar-refractivity contribution in [3.8, 4) is 0 Å². The summed E-state index contributed by atoms with van der Waals surface area (Å²) in [6.07, 6.45) is 1.11. The van der Waals surface area contributed by atoms with Crippen LogP contribution in [0.15, 0.2) is 54.6 Å². The van der Waals surface area contributed by atoms with E-state index < -0.39 is 0 Å². The van der Waals surface area contributed by atoms with E-state index in [-0.39, 0.29) is 30.2 Å². The van der Waals surface area contributed by atoms with Crippen LogP contribution in [0.1, 0.15) is 29.3 Å². The molecule has 0 bridgehead atoms. The van der Waals surface area contributed by atoms with Crippen molar-refractivity contribution in [1.82, 2.24) is 14.8 Å². The van der Waals surface area contributed by atoms with Crippen molar-refractivity contribution in [3.63, 3.8) is 0 Å². The molecule has 142 valence electrons. The predicted molar refractivity (Wildman–Crippen MR) is 107 cm³/mol. The average molecular weight is 373 g/mol. The molecule has 0 unspecified atom stereocenters. The minimum Gasteiger partial charge on any atom is -0.358 e. The molecule has 2 atom stereocenters. The van der Waals surface area contributed by atoms with Crippen LogP contribution in [0.3, 0.4) is 0 Å². The second kappa shape index (κ2) is 6.51. The molecule has 2 amide bonds. The number of rotatable bonds is 2. The Balaban J connectivity index is 1.45. The summed E-state index contributed by atoms with van der Waals surface area (Å²) in [5, 5.41) is 1.19. The zero-order chi connectivity index (χ0) is 19.3. The molecule has 1 N–H and O–H groups in total. The molecule has 5 rings (SSSR count). The van der Waals surface area contributed by atoms with Crippen LogP contribution in [0, 0.1) is 5.92 Å². The number of nitrogens with one attached hydrogen (secondary N) is 1. The van der Waals surface area contributed by atoms with E-state index in [0.717, 1.165) is 17.5 Å². The van der Waals surface area contributed by atoms with E-state index in [1.54, 1.807) is 11.9 Å². The lowest BCUT2D eigenvalue weighted by Gasteiger charge is -2.32. The molecule has 0 spiro atoms. The van der Waals surface area contributed by atoms with Gasteiger partial charge in [0.15, 0.2) is 0 Å². The van der Waals surface area contributed by atoms with Gasteiger partial charge in [-0.1, -0.05) is 48.5 Å². The van der Waals surface area contributed by atoms with E-state index in [1.165, 1.54) is 16.6 Å². The van der Waals surface area contributed by atoms with Gasteiger partial charge in [-0.3, -0.25) is 9.59 Å². The summed E-state index contributed by atoms with van der Waals surface area (Å²) in [7, 11) is 1.81. The van der Waals surface area contributed by atoms with E-state index >= 15 is 0 Å². The lowest BCUT2D eigenvalue weighted by molar-refractivity contribution is -0.137. The fourth-order valence-electron chi connectivity index (χ4n) is 4.79. The van der Waals surface area contributed by atoms with Gasteiger partial charge in [-0.2, -0.15) is 0 Å². The summed E-state index contributed by atoms with van der Waals surface area (Å²) in [5.74, 6) is -0.203. The standard InChI is InChI=1S/C23H23N3O2/c1-25-21(27)13-17(22(25)15-7-3-2-4-8-15)23(28)26-12-11-20-18(14-26)16-9-5-6-10-19(16)24-20/h2-10,17,22,24H,11-14H2,1H3/t17-,22+/m1/s1. The van der Waals surface area contributed by atoms with Gasteiger partial charge < -0.3 is 14.8 Å². The second-order valence-electron chi connectivity index (χ2n) is 7.81. The first-order valence-electron chi connectivity index (χ1n) is 9.81. The lowest BCUT2D eigenvalue weighted by atomic mass is 9.91. The van der Waals surface area contributed by atoms with Crippen LogP contribution in [-0.2, 0) is 22.6 Å². The number of nitrogens with zero attached hydrogens (tertiary/aromatic N) is 2. The quantitative estimate of drug-likeness (QED) is 0.750. The van der Waals surface area contributed by atoms with E-state index in [2.05, 4.69) is 17.1 Å². The Morgan fingerprint density at radius 2 is 1.82 bits per heavy atom. The van der Waals surface area contributed by atoms with E-state index in [9.17, 15) is 9.59 Å². The highest BCUT2D eigenvalue weighted by atomic mass is 16.2. The van der Waals surface area contributed by atoms with Gasteiger partial charge >= 0.3 is 0 Å². The zero-order valence-corrected chi connectivity index (χ0v) is 15.9. The molecule has 1 saturated heterocycles. The summed E-state index contributed by atoms with van der Waals surface area (Å²) in [6, 6.07) is 18.0. The SMILES string of the molecule is CN1C(=O)C[C@@H](C(=O)N2CCc3[nH]c4ccccc4c3C2)[C@@H]1c1ccccc1. The zero-order valence-electron chi connectivity index (χ0n) is 15.9. The average Bonchev–Trinajstić information content (AvgIpc) is 3.25. The summed E-state index contributed by atoms with van der Waals surface area (Å²) < 4.78 is 0. The first kappa shape index (κ1) is 17.0. The summed E-state index contributed by atoms with van der Waals surface area (Å²) in [6.45, 7) is 1.29. The van der Waals surface area contributed by atoms with Crippen molar-refractivity contribution in [3.05, 3.63) is 71.4 Å². The number of aromatic nitrogens is 1. The number of hydrogen-bond donors (Lipinski definition) is 1. The first-order valence-corrected chi connectivity index (χ1v) is 9.81. The number of amides is 2. The molecule has 0 radical (unpaired) electrons. The molecule has 3 aromatic rings. The fourth-order valence-corrected chi connectivity index (χ4v) is 4.79. The highest BCUT2D eigenvalue weighted by Crippen LogP contribution is 2.39. The first-order chi connectivity index (χ1) is 13.6. The summed E-state index contributed by atoms with van der Waals surface area (Å²) in [4.78, 5) is 33.1. The van der Waals surface area contributed by atoms with Gasteiger partial charge in [-0.05, 0) is 11.6 Å². The molecule has 0 saturated carbocycles. The Bertz CT molecular complexity index is 1060. The molecule has 5 heteroatoms. The molecule has 1 fully saturated rings. The van der Waals surface area contributed by atoms with Gasteiger partial charge in [0.2, 0.25) is 11.8 Å². The topological polar surface area (TPSA) is 56.4 Å². The van der Waals surface area contributed by atoms with Crippen LogP contribution >= 0.6 is 0 Å². The number of carbonyl (C=O) groups excluding carboxylic acids is 2. The monoisotopic (exact) mass is 373 g/mol. The smallest absolute Gasteiger partial charge is 0.228 e. The second-order valence-corrected chi connectivity index (χ2v) is 7.81. The number of H-pyrrole nitrogens is 1.